The molecule has 1 aliphatic heterocycles. The van der Waals surface area contributed by atoms with Crippen molar-refractivity contribution in [3.63, 3.8) is 0 Å². The van der Waals surface area contributed by atoms with Crippen LogP contribution < -0.4 is 10.6 Å². The molecule has 0 radical (unpaired) electrons. The second-order valence-corrected chi connectivity index (χ2v) is 5.83. The fraction of sp³-hybridized carbons (Fsp3) is 0.368. The lowest BCUT2D eigenvalue weighted by Gasteiger charge is -2.20. The first-order valence-electron chi connectivity index (χ1n) is 7.97. The lowest BCUT2D eigenvalue weighted by atomic mass is 9.91. The first-order chi connectivity index (χ1) is 10.4. The molecule has 0 saturated carbocycles. The molecule has 0 amide bonds. The monoisotopic (exact) mass is 280 g/mol. The standard InChI is InChI=1S/C19H24N2/c1-3-8-16(9-4-1)19(17-10-5-2-6-11-17)15-20-14-18-12-7-13-21-18/h1-6,8-11,18-21H,7,12-15H2/t18-/m0/s1. The molecule has 1 heterocycles. The number of hydrogen-bond acceptors (Lipinski definition) is 2. The molecule has 2 N–H and O–H groups in total. The van der Waals surface area contributed by atoms with E-state index in [4.69, 9.17) is 0 Å². The summed E-state index contributed by atoms with van der Waals surface area (Å²) in [5, 5.41) is 7.21. The van der Waals surface area contributed by atoms with Crippen molar-refractivity contribution in [2.45, 2.75) is 24.8 Å². The molecule has 2 nitrogen and oxygen atoms in total. The van der Waals surface area contributed by atoms with E-state index in [9.17, 15) is 0 Å². The Morgan fingerprint density at radius 1 is 0.952 bits per heavy atom. The third-order valence-electron chi connectivity index (χ3n) is 4.31. The van der Waals surface area contributed by atoms with Crippen LogP contribution in [0.15, 0.2) is 60.7 Å². The summed E-state index contributed by atoms with van der Waals surface area (Å²) in [6, 6.07) is 22.3. The van der Waals surface area contributed by atoms with Crippen molar-refractivity contribution < 1.29 is 0 Å². The lowest BCUT2D eigenvalue weighted by molar-refractivity contribution is 0.524. The van der Waals surface area contributed by atoms with Gasteiger partial charge in [-0.2, -0.15) is 0 Å². The molecule has 1 atom stereocenters. The van der Waals surface area contributed by atoms with Crippen LogP contribution in [0.5, 0.6) is 0 Å². The second kappa shape index (κ2) is 7.39. The van der Waals surface area contributed by atoms with Crippen LogP contribution in [-0.4, -0.2) is 25.7 Å². The maximum atomic E-state index is 3.66. The Labute approximate surface area is 127 Å². The van der Waals surface area contributed by atoms with E-state index in [1.165, 1.54) is 30.5 Å². The van der Waals surface area contributed by atoms with E-state index in [1.54, 1.807) is 0 Å². The highest BCUT2D eigenvalue weighted by molar-refractivity contribution is 5.32. The second-order valence-electron chi connectivity index (χ2n) is 5.83. The minimum atomic E-state index is 0.425. The molecule has 2 aromatic carbocycles. The van der Waals surface area contributed by atoms with Crippen LogP contribution in [0.4, 0.5) is 0 Å². The fourth-order valence-electron chi connectivity index (χ4n) is 3.13. The quantitative estimate of drug-likeness (QED) is 0.849. The highest BCUT2D eigenvalue weighted by Crippen LogP contribution is 2.23. The maximum Gasteiger partial charge on any atom is 0.0214 e. The Morgan fingerprint density at radius 2 is 1.57 bits per heavy atom. The smallest absolute Gasteiger partial charge is 0.0214 e. The van der Waals surface area contributed by atoms with Gasteiger partial charge < -0.3 is 10.6 Å². The number of hydrogen-bond donors (Lipinski definition) is 2. The van der Waals surface area contributed by atoms with Crippen molar-refractivity contribution in [2.75, 3.05) is 19.6 Å². The average Bonchev–Trinajstić information content (AvgIpc) is 3.07. The molecule has 1 saturated heterocycles. The summed E-state index contributed by atoms with van der Waals surface area (Å²) in [6.07, 6.45) is 2.61. The van der Waals surface area contributed by atoms with Gasteiger partial charge in [-0.3, -0.25) is 0 Å². The topological polar surface area (TPSA) is 24.1 Å². The fourth-order valence-corrected chi connectivity index (χ4v) is 3.13. The summed E-state index contributed by atoms with van der Waals surface area (Å²) >= 11 is 0. The van der Waals surface area contributed by atoms with Crippen LogP contribution in [0.1, 0.15) is 29.9 Å². The van der Waals surface area contributed by atoms with Gasteiger partial charge in [0.05, 0.1) is 0 Å². The normalized spacial score (nSPS) is 18.2. The van der Waals surface area contributed by atoms with Crippen molar-refractivity contribution in [2.24, 2.45) is 0 Å². The highest BCUT2D eigenvalue weighted by Gasteiger charge is 2.16. The Hall–Kier alpha value is -1.64. The summed E-state index contributed by atoms with van der Waals surface area (Å²) in [5.41, 5.74) is 2.77. The van der Waals surface area contributed by atoms with E-state index in [2.05, 4.69) is 71.3 Å². The van der Waals surface area contributed by atoms with Crippen LogP contribution in [-0.2, 0) is 0 Å². The van der Waals surface area contributed by atoms with Gasteiger partial charge in [0.15, 0.2) is 0 Å². The van der Waals surface area contributed by atoms with E-state index in [-0.39, 0.29) is 0 Å². The molecule has 2 heteroatoms. The largest absolute Gasteiger partial charge is 0.314 e. The molecule has 2 aromatic rings. The number of benzene rings is 2. The van der Waals surface area contributed by atoms with Gasteiger partial charge in [-0.1, -0.05) is 60.7 Å². The van der Waals surface area contributed by atoms with Gasteiger partial charge in [0.1, 0.15) is 0 Å². The van der Waals surface area contributed by atoms with Crippen LogP contribution in [0.2, 0.25) is 0 Å². The lowest BCUT2D eigenvalue weighted by Crippen LogP contribution is -2.36. The summed E-state index contributed by atoms with van der Waals surface area (Å²) in [6.45, 7) is 3.23. The van der Waals surface area contributed by atoms with E-state index in [0.29, 0.717) is 12.0 Å². The molecule has 1 aliphatic rings. The van der Waals surface area contributed by atoms with E-state index < -0.39 is 0 Å². The summed E-state index contributed by atoms with van der Waals surface area (Å²) in [5.74, 6) is 0.425. The minimum absolute atomic E-state index is 0.425. The van der Waals surface area contributed by atoms with Gasteiger partial charge in [-0.15, -0.1) is 0 Å². The van der Waals surface area contributed by atoms with Gasteiger partial charge in [0.25, 0.3) is 0 Å². The zero-order valence-electron chi connectivity index (χ0n) is 12.5. The first-order valence-corrected chi connectivity index (χ1v) is 7.97. The molecule has 110 valence electrons. The Balaban J connectivity index is 1.67. The Kier molecular flexibility index (Phi) is 5.03. The molecule has 0 bridgehead atoms. The molecule has 0 aliphatic carbocycles. The Morgan fingerprint density at radius 3 is 2.10 bits per heavy atom. The van der Waals surface area contributed by atoms with Gasteiger partial charge in [0, 0.05) is 25.0 Å². The molecule has 0 spiro atoms. The third-order valence-corrected chi connectivity index (χ3v) is 4.31. The zero-order valence-corrected chi connectivity index (χ0v) is 12.5. The first kappa shape index (κ1) is 14.3. The minimum Gasteiger partial charge on any atom is -0.314 e. The summed E-state index contributed by atoms with van der Waals surface area (Å²) < 4.78 is 0. The molecule has 3 rings (SSSR count). The summed E-state index contributed by atoms with van der Waals surface area (Å²) in [4.78, 5) is 0. The van der Waals surface area contributed by atoms with E-state index in [1.807, 2.05) is 0 Å². The third kappa shape index (κ3) is 3.93. The van der Waals surface area contributed by atoms with Crippen molar-refractivity contribution >= 4 is 0 Å². The average molecular weight is 280 g/mol. The molecular weight excluding hydrogens is 256 g/mol. The van der Waals surface area contributed by atoms with Gasteiger partial charge in [0.2, 0.25) is 0 Å². The Bertz CT molecular complexity index is 478. The molecular formula is C19H24N2. The van der Waals surface area contributed by atoms with Crippen LogP contribution in [0.25, 0.3) is 0 Å². The zero-order chi connectivity index (χ0) is 14.3. The van der Waals surface area contributed by atoms with Gasteiger partial charge in [-0.05, 0) is 30.5 Å². The molecule has 1 fully saturated rings. The van der Waals surface area contributed by atoms with Crippen molar-refractivity contribution in [1.29, 1.82) is 0 Å². The SMILES string of the molecule is c1ccc(C(CNC[C@@H]2CCCN2)c2ccccc2)cc1. The molecule has 0 aromatic heterocycles. The number of nitrogens with one attached hydrogen (secondary N) is 2. The van der Waals surface area contributed by atoms with Crippen LogP contribution >= 0.6 is 0 Å². The summed E-state index contributed by atoms with van der Waals surface area (Å²) in [7, 11) is 0. The van der Waals surface area contributed by atoms with Crippen LogP contribution in [0, 0.1) is 0 Å². The highest BCUT2D eigenvalue weighted by atomic mass is 15.0. The van der Waals surface area contributed by atoms with Crippen molar-refractivity contribution in [3.8, 4) is 0 Å². The van der Waals surface area contributed by atoms with Gasteiger partial charge >= 0.3 is 0 Å². The predicted molar refractivity (Wildman–Crippen MR) is 88.6 cm³/mol. The van der Waals surface area contributed by atoms with E-state index >= 15 is 0 Å². The molecule has 21 heavy (non-hydrogen) atoms. The van der Waals surface area contributed by atoms with E-state index in [0.717, 1.165) is 13.1 Å². The number of rotatable bonds is 6. The van der Waals surface area contributed by atoms with Crippen LogP contribution in [0.3, 0.4) is 0 Å². The van der Waals surface area contributed by atoms with Crippen molar-refractivity contribution in [1.82, 2.24) is 10.6 Å². The maximum absolute atomic E-state index is 3.66. The molecule has 0 unspecified atom stereocenters. The van der Waals surface area contributed by atoms with Crippen molar-refractivity contribution in [3.05, 3.63) is 71.8 Å². The van der Waals surface area contributed by atoms with Gasteiger partial charge in [-0.25, -0.2) is 0 Å². The predicted octanol–water partition coefficient (Wildman–Crippen LogP) is 3.16.